The summed E-state index contributed by atoms with van der Waals surface area (Å²) in [6, 6.07) is 14.1. The topological polar surface area (TPSA) is 69.7 Å². The van der Waals surface area contributed by atoms with Gasteiger partial charge in [-0.15, -0.1) is 0 Å². The number of nitrogens with zero attached hydrogens (tertiary/aromatic N) is 2. The lowest BCUT2D eigenvalue weighted by atomic mass is 10.1. The van der Waals surface area contributed by atoms with E-state index < -0.39 is 12.1 Å². The van der Waals surface area contributed by atoms with Gasteiger partial charge in [-0.2, -0.15) is 0 Å². The maximum Gasteiger partial charge on any atom is 0.332 e. The molecule has 1 heterocycles. The van der Waals surface area contributed by atoms with E-state index in [0.29, 0.717) is 12.2 Å². The molecule has 0 radical (unpaired) electrons. The van der Waals surface area contributed by atoms with E-state index in [1.165, 1.54) is 4.90 Å². The maximum absolute atomic E-state index is 12.7. The van der Waals surface area contributed by atoms with Gasteiger partial charge in [0, 0.05) is 12.2 Å². The van der Waals surface area contributed by atoms with Crippen molar-refractivity contribution < 1.29 is 14.4 Å². The Kier molecular flexibility index (Phi) is 5.26. The molecular formula is C21H23N3O3. The lowest BCUT2D eigenvalue weighted by Gasteiger charge is -2.19. The van der Waals surface area contributed by atoms with Crippen molar-refractivity contribution in [3.63, 3.8) is 0 Å². The van der Waals surface area contributed by atoms with Crippen molar-refractivity contribution in [2.24, 2.45) is 0 Å². The van der Waals surface area contributed by atoms with E-state index in [9.17, 15) is 14.4 Å². The van der Waals surface area contributed by atoms with E-state index >= 15 is 0 Å². The molecular weight excluding hydrogens is 342 g/mol. The molecule has 1 saturated heterocycles. The number of amides is 4. The second kappa shape index (κ2) is 7.61. The number of urea groups is 1. The molecule has 0 aromatic heterocycles. The minimum absolute atomic E-state index is 0.282. The molecule has 2 aromatic carbocycles. The summed E-state index contributed by atoms with van der Waals surface area (Å²) < 4.78 is 0. The van der Waals surface area contributed by atoms with Gasteiger partial charge in [0.15, 0.2) is 0 Å². The van der Waals surface area contributed by atoms with Gasteiger partial charge in [-0.25, -0.2) is 4.79 Å². The van der Waals surface area contributed by atoms with Crippen molar-refractivity contribution in [1.29, 1.82) is 0 Å². The van der Waals surface area contributed by atoms with E-state index in [0.717, 1.165) is 21.6 Å². The molecule has 0 spiro atoms. The van der Waals surface area contributed by atoms with Crippen molar-refractivity contribution >= 4 is 23.5 Å². The van der Waals surface area contributed by atoms with Gasteiger partial charge < -0.3 is 5.32 Å². The molecule has 0 saturated carbocycles. The number of hydrogen-bond donors (Lipinski definition) is 1. The summed E-state index contributed by atoms with van der Waals surface area (Å²) in [6.07, 6.45) is 0. The van der Waals surface area contributed by atoms with Gasteiger partial charge in [0.05, 0.1) is 0 Å². The molecule has 1 aliphatic rings. The Morgan fingerprint density at radius 3 is 2.11 bits per heavy atom. The number of carbonyl (C=O) groups is 3. The van der Waals surface area contributed by atoms with Crippen LogP contribution in [0.3, 0.4) is 0 Å². The van der Waals surface area contributed by atoms with Crippen LogP contribution in [0.1, 0.15) is 23.6 Å². The lowest BCUT2D eigenvalue weighted by molar-refractivity contribution is -0.131. The molecule has 2 aromatic rings. The molecule has 3 rings (SSSR count). The van der Waals surface area contributed by atoms with Crippen LogP contribution in [0.15, 0.2) is 48.5 Å². The number of imide groups is 1. The number of hydrogen-bond acceptors (Lipinski definition) is 3. The first-order valence-corrected chi connectivity index (χ1v) is 8.90. The third-order valence-electron chi connectivity index (χ3n) is 4.67. The molecule has 6 heteroatoms. The fraction of sp³-hybridized carbons (Fsp3) is 0.286. The predicted octanol–water partition coefficient (Wildman–Crippen LogP) is 2.78. The number of anilines is 1. The van der Waals surface area contributed by atoms with Crippen LogP contribution in [0.2, 0.25) is 0 Å². The number of benzene rings is 2. The van der Waals surface area contributed by atoms with Gasteiger partial charge in [-0.3, -0.25) is 19.4 Å². The SMILES string of the molecule is Cc1ccc(CNC(=O)CN2C(=O)[C@@H](C)N(c3ccc(C)cc3)C2=O)cc1. The highest BCUT2D eigenvalue weighted by atomic mass is 16.2. The van der Waals surface area contributed by atoms with Crippen molar-refractivity contribution in [2.75, 3.05) is 11.4 Å². The molecule has 0 unspecified atom stereocenters. The average Bonchev–Trinajstić information content (AvgIpc) is 2.86. The number of aryl methyl sites for hydroxylation is 2. The van der Waals surface area contributed by atoms with Crippen LogP contribution >= 0.6 is 0 Å². The minimum atomic E-state index is -0.634. The van der Waals surface area contributed by atoms with E-state index in [-0.39, 0.29) is 18.4 Å². The van der Waals surface area contributed by atoms with Crippen LogP contribution in [0.5, 0.6) is 0 Å². The molecule has 27 heavy (non-hydrogen) atoms. The molecule has 140 valence electrons. The van der Waals surface area contributed by atoms with Crippen LogP contribution in [-0.2, 0) is 16.1 Å². The Morgan fingerprint density at radius 2 is 1.52 bits per heavy atom. The van der Waals surface area contributed by atoms with Gasteiger partial charge in [-0.05, 0) is 38.5 Å². The summed E-state index contributed by atoms with van der Waals surface area (Å²) in [5, 5.41) is 2.76. The second-order valence-electron chi connectivity index (χ2n) is 6.85. The van der Waals surface area contributed by atoms with Crippen molar-refractivity contribution in [3.8, 4) is 0 Å². The summed E-state index contributed by atoms with van der Waals surface area (Å²) in [5.74, 6) is -0.735. The largest absolute Gasteiger partial charge is 0.350 e. The minimum Gasteiger partial charge on any atom is -0.350 e. The normalized spacial score (nSPS) is 16.8. The zero-order valence-electron chi connectivity index (χ0n) is 15.7. The predicted molar refractivity (Wildman–Crippen MR) is 103 cm³/mol. The summed E-state index contributed by atoms with van der Waals surface area (Å²) in [4.78, 5) is 39.9. The lowest BCUT2D eigenvalue weighted by Crippen LogP contribution is -2.41. The van der Waals surface area contributed by atoms with Gasteiger partial charge in [-0.1, -0.05) is 47.5 Å². The van der Waals surface area contributed by atoms with Gasteiger partial charge >= 0.3 is 6.03 Å². The zero-order valence-corrected chi connectivity index (χ0v) is 15.7. The fourth-order valence-corrected chi connectivity index (χ4v) is 3.02. The Balaban J connectivity index is 1.64. The molecule has 1 atom stereocenters. The monoisotopic (exact) mass is 365 g/mol. The first-order chi connectivity index (χ1) is 12.9. The Morgan fingerprint density at radius 1 is 0.963 bits per heavy atom. The third-order valence-corrected chi connectivity index (χ3v) is 4.67. The average molecular weight is 365 g/mol. The molecule has 0 aliphatic carbocycles. The first-order valence-electron chi connectivity index (χ1n) is 8.90. The van der Waals surface area contributed by atoms with E-state index in [1.807, 2.05) is 50.2 Å². The van der Waals surface area contributed by atoms with Crippen LogP contribution in [0.25, 0.3) is 0 Å². The van der Waals surface area contributed by atoms with E-state index in [1.54, 1.807) is 19.1 Å². The first kappa shape index (κ1) is 18.6. The second-order valence-corrected chi connectivity index (χ2v) is 6.85. The quantitative estimate of drug-likeness (QED) is 0.829. The maximum atomic E-state index is 12.7. The van der Waals surface area contributed by atoms with E-state index in [2.05, 4.69) is 5.32 Å². The highest BCUT2D eigenvalue weighted by molar-refractivity contribution is 6.15. The molecule has 6 nitrogen and oxygen atoms in total. The summed E-state index contributed by atoms with van der Waals surface area (Å²) in [7, 11) is 0. The summed E-state index contributed by atoms with van der Waals surface area (Å²) in [5.41, 5.74) is 3.82. The Bertz CT molecular complexity index is 859. The third kappa shape index (κ3) is 4.00. The van der Waals surface area contributed by atoms with Crippen molar-refractivity contribution in [3.05, 3.63) is 65.2 Å². The zero-order chi connectivity index (χ0) is 19.6. The standard InChI is InChI=1S/C21H23N3O3/c1-14-4-8-17(9-5-14)12-22-19(25)13-23-20(26)16(3)24(21(23)27)18-10-6-15(2)7-11-18/h4-11,16H,12-13H2,1-3H3,(H,22,25)/t16-/m1/s1. The Hall–Kier alpha value is -3.15. The van der Waals surface area contributed by atoms with Gasteiger partial charge in [0.25, 0.3) is 5.91 Å². The molecule has 1 fully saturated rings. The summed E-state index contributed by atoms with van der Waals surface area (Å²) >= 11 is 0. The Labute approximate surface area is 158 Å². The van der Waals surface area contributed by atoms with Crippen LogP contribution in [0, 0.1) is 13.8 Å². The number of nitrogens with one attached hydrogen (secondary N) is 1. The molecule has 1 aliphatic heterocycles. The molecule has 4 amide bonds. The van der Waals surface area contributed by atoms with Gasteiger partial charge in [0.2, 0.25) is 5.91 Å². The summed E-state index contributed by atoms with van der Waals surface area (Å²) in [6.45, 7) is 5.69. The van der Waals surface area contributed by atoms with Crippen LogP contribution in [0.4, 0.5) is 10.5 Å². The molecule has 0 bridgehead atoms. The highest BCUT2D eigenvalue weighted by Gasteiger charge is 2.43. The number of rotatable bonds is 5. The van der Waals surface area contributed by atoms with Gasteiger partial charge in [0.1, 0.15) is 12.6 Å². The van der Waals surface area contributed by atoms with Crippen LogP contribution < -0.4 is 10.2 Å². The van der Waals surface area contributed by atoms with Crippen LogP contribution in [-0.4, -0.2) is 35.3 Å². The smallest absolute Gasteiger partial charge is 0.332 e. The number of carbonyl (C=O) groups excluding carboxylic acids is 3. The van der Waals surface area contributed by atoms with Crippen molar-refractivity contribution in [2.45, 2.75) is 33.4 Å². The highest BCUT2D eigenvalue weighted by Crippen LogP contribution is 2.25. The van der Waals surface area contributed by atoms with E-state index in [4.69, 9.17) is 0 Å². The molecule has 1 N–H and O–H groups in total. The fourth-order valence-electron chi connectivity index (χ4n) is 3.02. The van der Waals surface area contributed by atoms with Crippen molar-refractivity contribution in [1.82, 2.24) is 10.2 Å².